The topological polar surface area (TPSA) is 29.3 Å². The first-order valence-electron chi connectivity index (χ1n) is 5.20. The van der Waals surface area contributed by atoms with E-state index in [-0.39, 0.29) is 5.54 Å². The van der Waals surface area contributed by atoms with Gasteiger partial charge in [-0.05, 0) is 32.2 Å². The van der Waals surface area contributed by atoms with E-state index < -0.39 is 0 Å². The smallest absolute Gasteiger partial charge is 0.0444 e. The van der Waals surface area contributed by atoms with E-state index in [2.05, 4.69) is 37.6 Å². The van der Waals surface area contributed by atoms with Crippen molar-refractivity contribution in [2.75, 3.05) is 25.9 Å². The molecule has 2 atom stereocenters. The Labute approximate surface area is 86.2 Å². The van der Waals surface area contributed by atoms with Gasteiger partial charge in [0.05, 0.1) is 0 Å². The zero-order chi connectivity index (χ0) is 9.90. The number of hydrogen-bond acceptors (Lipinski definition) is 3. The summed E-state index contributed by atoms with van der Waals surface area (Å²) in [6, 6.07) is 0. The van der Waals surface area contributed by atoms with Crippen molar-refractivity contribution in [2.45, 2.75) is 37.5 Å². The second kappa shape index (κ2) is 4.67. The van der Waals surface area contributed by atoms with E-state index in [0.717, 1.165) is 13.1 Å². The molecule has 0 aromatic rings. The van der Waals surface area contributed by atoms with Crippen molar-refractivity contribution in [1.29, 1.82) is 0 Å². The van der Waals surface area contributed by atoms with Gasteiger partial charge in [-0.2, -0.15) is 11.8 Å². The number of rotatable bonds is 3. The summed E-state index contributed by atoms with van der Waals surface area (Å²) in [6.07, 6.45) is 2.58. The molecule has 2 nitrogen and oxygen atoms in total. The van der Waals surface area contributed by atoms with E-state index in [0.29, 0.717) is 5.25 Å². The Morgan fingerprint density at radius 1 is 1.62 bits per heavy atom. The molecule has 0 aromatic carbocycles. The quantitative estimate of drug-likeness (QED) is 0.753. The van der Waals surface area contributed by atoms with Crippen LogP contribution in [0.2, 0.25) is 0 Å². The third kappa shape index (κ3) is 2.03. The molecule has 78 valence electrons. The molecule has 0 saturated carbocycles. The fourth-order valence-corrected chi connectivity index (χ4v) is 3.61. The van der Waals surface area contributed by atoms with E-state index in [1.54, 1.807) is 0 Å². The van der Waals surface area contributed by atoms with Crippen LogP contribution in [-0.2, 0) is 0 Å². The van der Waals surface area contributed by atoms with Crippen LogP contribution >= 0.6 is 11.8 Å². The second-order valence-corrected chi connectivity index (χ2v) is 5.39. The van der Waals surface area contributed by atoms with Crippen molar-refractivity contribution >= 4 is 11.8 Å². The standard InChI is InChI=1S/C10H22N2S/c1-4-12(3)10(8-11)6-5-7-13-9(10)2/h9H,4-8,11H2,1-3H3. The molecule has 1 fully saturated rings. The lowest BCUT2D eigenvalue weighted by atomic mass is 9.88. The van der Waals surface area contributed by atoms with E-state index in [4.69, 9.17) is 5.73 Å². The van der Waals surface area contributed by atoms with Gasteiger partial charge in [-0.1, -0.05) is 13.8 Å². The lowest BCUT2D eigenvalue weighted by molar-refractivity contribution is 0.118. The molecular weight excluding hydrogens is 180 g/mol. The molecule has 0 bridgehead atoms. The summed E-state index contributed by atoms with van der Waals surface area (Å²) >= 11 is 2.07. The Hall–Kier alpha value is 0.270. The summed E-state index contributed by atoms with van der Waals surface area (Å²) < 4.78 is 0. The minimum atomic E-state index is 0.262. The Balaban J connectivity index is 2.75. The number of hydrogen-bond donors (Lipinski definition) is 1. The maximum Gasteiger partial charge on any atom is 0.0444 e. The van der Waals surface area contributed by atoms with Gasteiger partial charge in [-0.15, -0.1) is 0 Å². The van der Waals surface area contributed by atoms with Crippen LogP contribution in [0.1, 0.15) is 26.7 Å². The van der Waals surface area contributed by atoms with E-state index >= 15 is 0 Å². The summed E-state index contributed by atoms with van der Waals surface area (Å²) in [5.41, 5.74) is 6.21. The number of nitrogens with two attached hydrogens (primary N) is 1. The predicted octanol–water partition coefficient (Wildman–Crippen LogP) is 1.55. The highest BCUT2D eigenvalue weighted by molar-refractivity contribution is 8.00. The minimum absolute atomic E-state index is 0.262. The SMILES string of the molecule is CCN(C)C1(CN)CCCSC1C. The maximum absolute atomic E-state index is 5.95. The molecular formula is C10H22N2S. The summed E-state index contributed by atoms with van der Waals surface area (Å²) in [5.74, 6) is 1.31. The summed E-state index contributed by atoms with van der Waals surface area (Å²) in [6.45, 7) is 6.43. The Bertz CT molecular complexity index is 157. The maximum atomic E-state index is 5.95. The number of nitrogens with zero attached hydrogens (tertiary/aromatic N) is 1. The average Bonchev–Trinajstić information content (AvgIpc) is 2.18. The van der Waals surface area contributed by atoms with Gasteiger partial charge < -0.3 is 5.73 Å². The summed E-state index contributed by atoms with van der Waals surface area (Å²) in [4.78, 5) is 2.43. The first-order valence-corrected chi connectivity index (χ1v) is 6.25. The first-order chi connectivity index (χ1) is 6.17. The van der Waals surface area contributed by atoms with Gasteiger partial charge in [0.2, 0.25) is 0 Å². The molecule has 0 aromatic heterocycles. The van der Waals surface area contributed by atoms with Crippen molar-refractivity contribution in [2.24, 2.45) is 5.73 Å². The monoisotopic (exact) mass is 202 g/mol. The van der Waals surface area contributed by atoms with Crippen LogP contribution in [-0.4, -0.2) is 41.6 Å². The van der Waals surface area contributed by atoms with E-state index in [9.17, 15) is 0 Å². The van der Waals surface area contributed by atoms with Crippen LogP contribution in [0.3, 0.4) is 0 Å². The highest BCUT2D eigenvalue weighted by atomic mass is 32.2. The highest BCUT2D eigenvalue weighted by Gasteiger charge is 2.40. The third-order valence-corrected chi connectivity index (χ3v) is 4.93. The molecule has 1 aliphatic rings. The van der Waals surface area contributed by atoms with Crippen molar-refractivity contribution in [3.8, 4) is 0 Å². The van der Waals surface area contributed by atoms with Crippen LogP contribution < -0.4 is 5.73 Å². The van der Waals surface area contributed by atoms with Crippen LogP contribution in [0.5, 0.6) is 0 Å². The zero-order valence-electron chi connectivity index (χ0n) is 9.05. The van der Waals surface area contributed by atoms with Crippen LogP contribution in [0.15, 0.2) is 0 Å². The molecule has 0 radical (unpaired) electrons. The van der Waals surface area contributed by atoms with Gasteiger partial charge in [0, 0.05) is 17.3 Å². The molecule has 3 heteroatoms. The third-order valence-electron chi connectivity index (χ3n) is 3.47. The van der Waals surface area contributed by atoms with Gasteiger partial charge >= 0.3 is 0 Å². The molecule has 2 unspecified atom stereocenters. The Morgan fingerprint density at radius 2 is 2.31 bits per heavy atom. The molecule has 0 spiro atoms. The normalized spacial score (nSPS) is 35.3. The van der Waals surface area contributed by atoms with E-state index in [1.807, 2.05) is 0 Å². The summed E-state index contributed by atoms with van der Waals surface area (Å²) in [5, 5.41) is 0.677. The lowest BCUT2D eigenvalue weighted by Crippen LogP contribution is -2.59. The van der Waals surface area contributed by atoms with Gasteiger partial charge in [-0.25, -0.2) is 0 Å². The van der Waals surface area contributed by atoms with Gasteiger partial charge in [0.15, 0.2) is 0 Å². The largest absolute Gasteiger partial charge is 0.329 e. The molecule has 1 heterocycles. The first kappa shape index (κ1) is 11.3. The van der Waals surface area contributed by atoms with Crippen molar-refractivity contribution < 1.29 is 0 Å². The van der Waals surface area contributed by atoms with Crippen LogP contribution in [0.4, 0.5) is 0 Å². The Morgan fingerprint density at radius 3 is 2.77 bits per heavy atom. The predicted molar refractivity (Wildman–Crippen MR) is 61.2 cm³/mol. The average molecular weight is 202 g/mol. The number of likely N-dealkylation sites (N-methyl/N-ethyl adjacent to an activating group) is 1. The van der Waals surface area contributed by atoms with Crippen molar-refractivity contribution in [3.05, 3.63) is 0 Å². The van der Waals surface area contributed by atoms with E-state index in [1.165, 1.54) is 18.6 Å². The number of thioether (sulfide) groups is 1. The Kier molecular flexibility index (Phi) is 4.07. The van der Waals surface area contributed by atoms with Crippen molar-refractivity contribution in [3.63, 3.8) is 0 Å². The van der Waals surface area contributed by atoms with Crippen LogP contribution in [0.25, 0.3) is 0 Å². The van der Waals surface area contributed by atoms with Gasteiger partial charge in [0.1, 0.15) is 0 Å². The summed E-state index contributed by atoms with van der Waals surface area (Å²) in [7, 11) is 2.20. The zero-order valence-corrected chi connectivity index (χ0v) is 9.86. The van der Waals surface area contributed by atoms with Gasteiger partial charge in [-0.3, -0.25) is 4.90 Å². The minimum Gasteiger partial charge on any atom is -0.329 e. The van der Waals surface area contributed by atoms with Crippen molar-refractivity contribution in [1.82, 2.24) is 4.90 Å². The molecule has 0 aliphatic carbocycles. The van der Waals surface area contributed by atoms with Gasteiger partial charge in [0.25, 0.3) is 0 Å². The van der Waals surface area contributed by atoms with Crippen LogP contribution in [0, 0.1) is 0 Å². The molecule has 0 amide bonds. The highest BCUT2D eigenvalue weighted by Crippen LogP contribution is 2.36. The molecule has 1 aliphatic heterocycles. The molecule has 1 saturated heterocycles. The molecule has 13 heavy (non-hydrogen) atoms. The fourth-order valence-electron chi connectivity index (χ4n) is 2.24. The second-order valence-electron chi connectivity index (χ2n) is 3.94. The lowest BCUT2D eigenvalue weighted by Gasteiger charge is -2.47. The molecule has 2 N–H and O–H groups in total. The molecule has 1 rings (SSSR count). The fraction of sp³-hybridized carbons (Fsp3) is 1.00.